The van der Waals surface area contributed by atoms with Gasteiger partial charge in [0.15, 0.2) is 12.4 Å². The van der Waals surface area contributed by atoms with Gasteiger partial charge in [-0.1, -0.05) is 71.1 Å². The molecule has 1 aliphatic rings. The van der Waals surface area contributed by atoms with Crippen molar-refractivity contribution in [2.75, 3.05) is 6.61 Å². The minimum Gasteiger partial charge on any atom is -0.456 e. The lowest BCUT2D eigenvalue weighted by molar-refractivity contribution is -0.289. The topological polar surface area (TPSA) is 116 Å². The number of carbonyl (C=O) groups is 1. The van der Waals surface area contributed by atoms with Gasteiger partial charge in [0.1, 0.15) is 18.3 Å². The van der Waals surface area contributed by atoms with E-state index in [0.29, 0.717) is 6.42 Å². The molecule has 0 aromatic heterocycles. The maximum absolute atomic E-state index is 11.9. The Bertz CT molecular complexity index is 391. The van der Waals surface area contributed by atoms with Crippen LogP contribution < -0.4 is 0 Å². The van der Waals surface area contributed by atoms with E-state index < -0.39 is 43.3 Å². The van der Waals surface area contributed by atoms with Gasteiger partial charge in [-0.3, -0.25) is 4.79 Å². The van der Waals surface area contributed by atoms with Gasteiger partial charge in [-0.05, 0) is 6.42 Å². The normalized spacial score (nSPS) is 28.3. The van der Waals surface area contributed by atoms with Gasteiger partial charge in [-0.15, -0.1) is 0 Å². The maximum Gasteiger partial charge on any atom is 0.306 e. The smallest absolute Gasteiger partial charge is 0.306 e. The molecule has 0 saturated carbocycles. The summed E-state index contributed by atoms with van der Waals surface area (Å²) in [5, 5.41) is 38.5. The molecule has 27 heavy (non-hydrogen) atoms. The summed E-state index contributed by atoms with van der Waals surface area (Å²) in [5.74, 6) is -0.528. The molecular formula is C20H38O7. The summed E-state index contributed by atoms with van der Waals surface area (Å²) in [6.07, 6.45) is 6.25. The molecule has 1 rings (SSSR count). The third-order valence-corrected chi connectivity index (χ3v) is 5.09. The summed E-state index contributed by atoms with van der Waals surface area (Å²) in [6, 6.07) is 0. The summed E-state index contributed by atoms with van der Waals surface area (Å²) in [6.45, 7) is 1.68. The fourth-order valence-electron chi connectivity index (χ4n) is 3.35. The molecule has 0 aliphatic carbocycles. The first-order valence-corrected chi connectivity index (χ1v) is 10.5. The number of ether oxygens (including phenoxy) is 2. The fourth-order valence-corrected chi connectivity index (χ4v) is 3.35. The van der Waals surface area contributed by atoms with Crippen LogP contribution in [0.4, 0.5) is 0 Å². The van der Waals surface area contributed by atoms with Crippen LogP contribution in [0.1, 0.15) is 84.0 Å². The van der Waals surface area contributed by atoms with Crippen LogP contribution >= 0.6 is 0 Å². The van der Waals surface area contributed by atoms with Crippen molar-refractivity contribution >= 4 is 5.97 Å². The zero-order chi connectivity index (χ0) is 20.1. The molecule has 0 bridgehead atoms. The molecule has 7 heteroatoms. The molecule has 0 aromatic carbocycles. The molecule has 7 nitrogen and oxygen atoms in total. The van der Waals surface area contributed by atoms with Crippen LogP contribution in [0.2, 0.25) is 0 Å². The first kappa shape index (κ1) is 24.3. The van der Waals surface area contributed by atoms with Crippen LogP contribution in [0.3, 0.4) is 0 Å². The lowest BCUT2D eigenvalue weighted by Gasteiger charge is -2.39. The highest BCUT2D eigenvalue weighted by atomic mass is 16.7. The predicted octanol–water partition coefficient (Wildman–Crippen LogP) is 2.03. The highest BCUT2D eigenvalue weighted by Crippen LogP contribution is 2.23. The minimum atomic E-state index is -1.61. The van der Waals surface area contributed by atoms with Crippen molar-refractivity contribution in [3.05, 3.63) is 0 Å². The second-order valence-electron chi connectivity index (χ2n) is 7.47. The van der Waals surface area contributed by atoms with Gasteiger partial charge in [0.25, 0.3) is 0 Å². The monoisotopic (exact) mass is 390 g/mol. The van der Waals surface area contributed by atoms with Crippen molar-refractivity contribution in [2.24, 2.45) is 0 Å². The number of aliphatic hydroxyl groups is 4. The minimum absolute atomic E-state index is 0.202. The molecule has 0 aromatic rings. The second kappa shape index (κ2) is 14.3. The quantitative estimate of drug-likeness (QED) is 0.265. The Morgan fingerprint density at radius 1 is 0.852 bits per heavy atom. The third-order valence-electron chi connectivity index (χ3n) is 5.09. The van der Waals surface area contributed by atoms with Crippen LogP contribution in [0.25, 0.3) is 0 Å². The van der Waals surface area contributed by atoms with Gasteiger partial charge in [0.2, 0.25) is 0 Å². The lowest BCUT2D eigenvalue weighted by Crippen LogP contribution is -2.59. The summed E-state index contributed by atoms with van der Waals surface area (Å²) < 4.78 is 9.98. The SMILES string of the molecule is CCCCCCCCCCCCCC(=O)O[C@H]1[C@H](O)[C@@H](CO)OC(O)[C@@H]1O. The van der Waals surface area contributed by atoms with Crippen LogP contribution in [0, 0.1) is 0 Å². The van der Waals surface area contributed by atoms with Gasteiger partial charge in [0, 0.05) is 6.42 Å². The standard InChI is InChI=1S/C20H38O7/c1-2-3-4-5-6-7-8-9-10-11-12-13-16(22)27-19-17(23)15(14-21)26-20(25)18(19)24/h15,17-21,23-25H,2-14H2,1H3/t15-,17-,18-,19+,20?/m1/s1. The maximum atomic E-state index is 11.9. The molecule has 1 aliphatic heterocycles. The summed E-state index contributed by atoms with van der Waals surface area (Å²) in [7, 11) is 0. The van der Waals surface area contributed by atoms with Gasteiger partial charge >= 0.3 is 5.97 Å². The number of esters is 1. The van der Waals surface area contributed by atoms with Gasteiger partial charge in [-0.2, -0.15) is 0 Å². The number of hydrogen-bond donors (Lipinski definition) is 4. The van der Waals surface area contributed by atoms with E-state index in [1.165, 1.54) is 51.4 Å². The van der Waals surface area contributed by atoms with Crippen molar-refractivity contribution in [3.63, 3.8) is 0 Å². The second-order valence-corrected chi connectivity index (χ2v) is 7.47. The Morgan fingerprint density at radius 2 is 1.37 bits per heavy atom. The Kier molecular flexibility index (Phi) is 12.9. The van der Waals surface area contributed by atoms with Crippen LogP contribution in [0.15, 0.2) is 0 Å². The lowest BCUT2D eigenvalue weighted by atomic mass is 9.99. The highest BCUT2D eigenvalue weighted by Gasteiger charge is 2.45. The molecule has 0 amide bonds. The van der Waals surface area contributed by atoms with E-state index in [1.807, 2.05) is 0 Å². The van der Waals surface area contributed by atoms with Crippen molar-refractivity contribution in [1.29, 1.82) is 0 Å². The molecule has 0 radical (unpaired) electrons. The highest BCUT2D eigenvalue weighted by molar-refractivity contribution is 5.69. The number of unbranched alkanes of at least 4 members (excludes halogenated alkanes) is 10. The average Bonchev–Trinajstić information content (AvgIpc) is 2.66. The number of hydrogen-bond acceptors (Lipinski definition) is 7. The Morgan fingerprint density at radius 3 is 1.89 bits per heavy atom. The molecule has 1 unspecified atom stereocenters. The van der Waals surface area contributed by atoms with Crippen molar-refractivity contribution in [2.45, 2.75) is 115 Å². The molecule has 160 valence electrons. The zero-order valence-electron chi connectivity index (χ0n) is 16.6. The average molecular weight is 391 g/mol. The number of rotatable bonds is 14. The van der Waals surface area contributed by atoms with E-state index in [2.05, 4.69) is 6.92 Å². The van der Waals surface area contributed by atoms with Gasteiger partial charge in [0.05, 0.1) is 6.61 Å². The van der Waals surface area contributed by atoms with Gasteiger partial charge in [-0.25, -0.2) is 0 Å². The van der Waals surface area contributed by atoms with Crippen LogP contribution in [-0.2, 0) is 14.3 Å². The number of carbonyl (C=O) groups excluding carboxylic acids is 1. The van der Waals surface area contributed by atoms with Crippen LogP contribution in [-0.4, -0.2) is 63.7 Å². The Balaban J connectivity index is 2.09. The molecule has 1 fully saturated rings. The molecule has 1 heterocycles. The van der Waals surface area contributed by atoms with Crippen molar-refractivity contribution in [3.8, 4) is 0 Å². The van der Waals surface area contributed by atoms with E-state index in [-0.39, 0.29) is 6.42 Å². The predicted molar refractivity (Wildman–Crippen MR) is 101 cm³/mol. The van der Waals surface area contributed by atoms with E-state index in [0.717, 1.165) is 12.8 Å². The largest absolute Gasteiger partial charge is 0.456 e. The third kappa shape index (κ3) is 9.34. The molecule has 5 atom stereocenters. The number of aliphatic hydroxyl groups excluding tert-OH is 4. The first-order chi connectivity index (χ1) is 13.0. The fraction of sp³-hybridized carbons (Fsp3) is 0.950. The Hall–Kier alpha value is -0.730. The molecular weight excluding hydrogens is 352 g/mol. The van der Waals surface area contributed by atoms with E-state index in [9.17, 15) is 20.1 Å². The summed E-state index contributed by atoms with van der Waals surface area (Å²) in [5.41, 5.74) is 0. The van der Waals surface area contributed by atoms with Crippen molar-refractivity contribution in [1.82, 2.24) is 0 Å². The van der Waals surface area contributed by atoms with Crippen LogP contribution in [0.5, 0.6) is 0 Å². The Labute approximate surface area is 162 Å². The molecule has 4 N–H and O–H groups in total. The summed E-state index contributed by atoms with van der Waals surface area (Å²) >= 11 is 0. The van der Waals surface area contributed by atoms with Gasteiger partial charge < -0.3 is 29.9 Å². The van der Waals surface area contributed by atoms with E-state index in [1.54, 1.807) is 0 Å². The molecule has 1 saturated heterocycles. The first-order valence-electron chi connectivity index (χ1n) is 10.5. The van der Waals surface area contributed by atoms with E-state index >= 15 is 0 Å². The zero-order valence-corrected chi connectivity index (χ0v) is 16.6. The van der Waals surface area contributed by atoms with E-state index in [4.69, 9.17) is 14.6 Å². The molecule has 0 spiro atoms. The summed E-state index contributed by atoms with van der Waals surface area (Å²) in [4.78, 5) is 11.9. The van der Waals surface area contributed by atoms with Crippen molar-refractivity contribution < 1.29 is 34.7 Å².